The van der Waals surface area contributed by atoms with E-state index in [1.807, 2.05) is 11.0 Å². The lowest BCUT2D eigenvalue weighted by Gasteiger charge is -2.42. The van der Waals surface area contributed by atoms with Crippen molar-refractivity contribution in [1.29, 1.82) is 0 Å². The molecule has 1 aromatic carbocycles. The van der Waals surface area contributed by atoms with Gasteiger partial charge in [-0.05, 0) is 48.1 Å². The number of piperidine rings is 1. The van der Waals surface area contributed by atoms with Crippen molar-refractivity contribution in [3.8, 4) is 0 Å². The van der Waals surface area contributed by atoms with Crippen LogP contribution in [0.25, 0.3) is 0 Å². The first-order valence-corrected chi connectivity index (χ1v) is 9.34. The maximum Gasteiger partial charge on any atom is 0.224 e. The average molecular weight is 357 g/mol. The van der Waals surface area contributed by atoms with E-state index in [1.165, 1.54) is 11.9 Å². The molecule has 2 heterocycles. The molecule has 7 heteroatoms. The largest absolute Gasteiger partial charge is 0.396 e. The van der Waals surface area contributed by atoms with E-state index in [0.717, 1.165) is 38.6 Å². The SMILES string of the molecule is O=C(CCn1cnnn1)N1CCC[C@](CO)(CCCc2ccccc2)C1. The van der Waals surface area contributed by atoms with E-state index >= 15 is 0 Å². The van der Waals surface area contributed by atoms with Crippen LogP contribution in [-0.2, 0) is 17.8 Å². The third-order valence-corrected chi connectivity index (χ3v) is 5.31. The van der Waals surface area contributed by atoms with E-state index < -0.39 is 0 Å². The maximum absolute atomic E-state index is 12.6. The summed E-state index contributed by atoms with van der Waals surface area (Å²) in [6, 6.07) is 10.4. The van der Waals surface area contributed by atoms with Crippen LogP contribution < -0.4 is 0 Å². The third-order valence-electron chi connectivity index (χ3n) is 5.31. The van der Waals surface area contributed by atoms with Crippen LogP contribution in [0.15, 0.2) is 36.7 Å². The molecule has 0 spiro atoms. The molecule has 1 aliphatic heterocycles. The molecule has 1 amide bonds. The number of aliphatic hydroxyl groups is 1. The highest BCUT2D eigenvalue weighted by Crippen LogP contribution is 2.35. The molecule has 0 unspecified atom stereocenters. The number of hydrogen-bond acceptors (Lipinski definition) is 5. The Labute approximate surface area is 154 Å². The Bertz CT molecular complexity index is 677. The first kappa shape index (κ1) is 18.5. The van der Waals surface area contributed by atoms with Gasteiger partial charge in [0.2, 0.25) is 5.91 Å². The molecule has 0 radical (unpaired) electrons. The normalized spacial score (nSPS) is 20.3. The molecular weight excluding hydrogens is 330 g/mol. The van der Waals surface area contributed by atoms with Gasteiger partial charge >= 0.3 is 0 Å². The summed E-state index contributed by atoms with van der Waals surface area (Å²) in [4.78, 5) is 14.5. The van der Waals surface area contributed by atoms with Gasteiger partial charge in [0.05, 0.1) is 13.2 Å². The summed E-state index contributed by atoms with van der Waals surface area (Å²) in [6.07, 6.45) is 6.81. The quantitative estimate of drug-likeness (QED) is 0.777. The number of rotatable bonds is 8. The number of nitrogens with zero attached hydrogens (tertiary/aromatic N) is 5. The number of benzene rings is 1. The lowest BCUT2D eigenvalue weighted by Crippen LogP contribution is -2.48. The molecule has 1 atom stereocenters. The van der Waals surface area contributed by atoms with Gasteiger partial charge in [-0.3, -0.25) is 4.79 Å². The monoisotopic (exact) mass is 357 g/mol. The fraction of sp³-hybridized carbons (Fsp3) is 0.579. The minimum Gasteiger partial charge on any atom is -0.396 e. The smallest absolute Gasteiger partial charge is 0.224 e. The van der Waals surface area contributed by atoms with Crippen molar-refractivity contribution in [1.82, 2.24) is 25.1 Å². The molecular formula is C19H27N5O2. The summed E-state index contributed by atoms with van der Waals surface area (Å²) in [7, 11) is 0. The van der Waals surface area contributed by atoms with Gasteiger partial charge in [0.1, 0.15) is 6.33 Å². The molecule has 0 aliphatic carbocycles. The number of aliphatic hydroxyl groups excluding tert-OH is 1. The fourth-order valence-electron chi connectivity index (χ4n) is 3.80. The molecule has 26 heavy (non-hydrogen) atoms. The maximum atomic E-state index is 12.6. The molecule has 7 nitrogen and oxygen atoms in total. The molecule has 3 rings (SSSR count). The van der Waals surface area contributed by atoms with E-state index in [1.54, 1.807) is 4.68 Å². The summed E-state index contributed by atoms with van der Waals surface area (Å²) < 4.78 is 1.57. The van der Waals surface area contributed by atoms with Crippen molar-refractivity contribution >= 4 is 5.91 Å². The van der Waals surface area contributed by atoms with Crippen molar-refractivity contribution in [2.24, 2.45) is 5.41 Å². The van der Waals surface area contributed by atoms with Crippen LogP contribution in [0.1, 0.15) is 37.7 Å². The zero-order valence-corrected chi connectivity index (χ0v) is 15.1. The van der Waals surface area contributed by atoms with Crippen molar-refractivity contribution in [2.75, 3.05) is 19.7 Å². The van der Waals surface area contributed by atoms with Crippen LogP contribution in [0, 0.1) is 5.41 Å². The van der Waals surface area contributed by atoms with E-state index in [4.69, 9.17) is 0 Å². The first-order chi connectivity index (χ1) is 12.7. The molecule has 1 N–H and O–H groups in total. The average Bonchev–Trinajstić information content (AvgIpc) is 3.21. The molecule has 1 aliphatic rings. The van der Waals surface area contributed by atoms with Crippen LogP contribution in [0.4, 0.5) is 0 Å². The number of carbonyl (C=O) groups is 1. The van der Waals surface area contributed by atoms with Gasteiger partial charge in [0.25, 0.3) is 0 Å². The Morgan fingerprint density at radius 2 is 2.12 bits per heavy atom. The van der Waals surface area contributed by atoms with Gasteiger partial charge in [-0.25, -0.2) is 4.68 Å². The second-order valence-electron chi connectivity index (χ2n) is 7.24. The fourth-order valence-corrected chi connectivity index (χ4v) is 3.80. The second kappa shape index (κ2) is 8.89. The Balaban J connectivity index is 1.51. The molecule has 1 aromatic heterocycles. The van der Waals surface area contributed by atoms with Crippen LogP contribution in [0.5, 0.6) is 0 Å². The van der Waals surface area contributed by atoms with Crippen LogP contribution in [0.2, 0.25) is 0 Å². The summed E-state index contributed by atoms with van der Waals surface area (Å²) in [5.41, 5.74) is 1.16. The zero-order chi connectivity index (χ0) is 18.2. The van der Waals surface area contributed by atoms with Crippen molar-refractivity contribution in [3.05, 3.63) is 42.2 Å². The van der Waals surface area contributed by atoms with E-state index in [0.29, 0.717) is 19.5 Å². The Morgan fingerprint density at radius 1 is 1.27 bits per heavy atom. The lowest BCUT2D eigenvalue weighted by atomic mass is 9.76. The van der Waals surface area contributed by atoms with Gasteiger partial charge in [-0.1, -0.05) is 30.3 Å². The summed E-state index contributed by atoms with van der Waals surface area (Å²) in [5.74, 6) is 0.112. The topological polar surface area (TPSA) is 84.1 Å². The number of amides is 1. The van der Waals surface area contributed by atoms with Gasteiger partial charge in [-0.2, -0.15) is 0 Å². The van der Waals surface area contributed by atoms with Gasteiger partial charge in [-0.15, -0.1) is 5.10 Å². The zero-order valence-electron chi connectivity index (χ0n) is 15.1. The predicted octanol–water partition coefficient (Wildman–Crippen LogP) is 1.69. The highest BCUT2D eigenvalue weighted by molar-refractivity contribution is 5.76. The Morgan fingerprint density at radius 3 is 2.85 bits per heavy atom. The number of tetrazole rings is 1. The van der Waals surface area contributed by atoms with E-state index in [-0.39, 0.29) is 17.9 Å². The Hall–Kier alpha value is -2.28. The first-order valence-electron chi connectivity index (χ1n) is 9.34. The molecule has 2 aromatic rings. The Kier molecular flexibility index (Phi) is 6.33. The minimum atomic E-state index is -0.169. The third kappa shape index (κ3) is 4.88. The molecule has 1 saturated heterocycles. The number of likely N-dealkylation sites (tertiary alicyclic amines) is 1. The van der Waals surface area contributed by atoms with Gasteiger partial charge < -0.3 is 10.0 Å². The van der Waals surface area contributed by atoms with Gasteiger partial charge in [0.15, 0.2) is 0 Å². The highest BCUT2D eigenvalue weighted by atomic mass is 16.3. The summed E-state index contributed by atoms with van der Waals surface area (Å²) >= 11 is 0. The number of carbonyl (C=O) groups excluding carboxylic acids is 1. The van der Waals surface area contributed by atoms with Crippen LogP contribution in [-0.4, -0.2) is 55.8 Å². The number of aryl methyl sites for hydroxylation is 2. The molecule has 1 fully saturated rings. The number of hydrogen-bond donors (Lipinski definition) is 1. The van der Waals surface area contributed by atoms with Crippen molar-refractivity contribution in [3.63, 3.8) is 0 Å². The molecule has 0 bridgehead atoms. The van der Waals surface area contributed by atoms with Crippen molar-refractivity contribution < 1.29 is 9.90 Å². The standard InChI is InChI=1S/C19H27N5O2/c25-15-19(10-4-8-17-6-2-1-3-7-17)11-5-12-23(14-19)18(26)9-13-24-16-20-21-22-24/h1-3,6-7,16,25H,4-5,8-15H2/t19-/m1/s1. The summed E-state index contributed by atoms with van der Waals surface area (Å²) in [6.45, 7) is 2.04. The van der Waals surface area contributed by atoms with Crippen LogP contribution >= 0.6 is 0 Å². The number of aromatic nitrogens is 4. The lowest BCUT2D eigenvalue weighted by molar-refractivity contribution is -0.136. The molecule has 0 saturated carbocycles. The molecule has 140 valence electrons. The van der Waals surface area contributed by atoms with E-state index in [9.17, 15) is 9.90 Å². The predicted molar refractivity (Wildman–Crippen MR) is 97.1 cm³/mol. The summed E-state index contributed by atoms with van der Waals surface area (Å²) in [5, 5.41) is 21.0. The van der Waals surface area contributed by atoms with Gasteiger partial charge in [0, 0.05) is 24.9 Å². The van der Waals surface area contributed by atoms with Crippen molar-refractivity contribution in [2.45, 2.75) is 45.1 Å². The second-order valence-corrected chi connectivity index (χ2v) is 7.24. The van der Waals surface area contributed by atoms with Crippen LogP contribution in [0.3, 0.4) is 0 Å². The minimum absolute atomic E-state index is 0.112. The van der Waals surface area contributed by atoms with E-state index in [2.05, 4.69) is 39.8 Å². The highest BCUT2D eigenvalue weighted by Gasteiger charge is 2.36.